The standard InChI is InChI=1S/C26H33N2O3Si/c1-26(2,3)24(31-32(4)5)23-22-19(18-13-9-10-14-20(18)27-22)15-21(28-23)25(29)30-16-17-11-7-6-8-12-17/h6-14,21,23-24,27-28H,15-16H2,1-5H3. The molecule has 0 aliphatic carbocycles. The fraction of sp³-hybridized carbons (Fsp3) is 0.423. The van der Waals surface area contributed by atoms with Crippen molar-refractivity contribution in [3.05, 3.63) is 71.4 Å². The van der Waals surface area contributed by atoms with Gasteiger partial charge >= 0.3 is 5.97 Å². The van der Waals surface area contributed by atoms with Crippen molar-refractivity contribution >= 4 is 25.9 Å². The summed E-state index contributed by atoms with van der Waals surface area (Å²) in [6.45, 7) is 11.2. The summed E-state index contributed by atoms with van der Waals surface area (Å²) < 4.78 is 12.3. The van der Waals surface area contributed by atoms with Crippen LogP contribution >= 0.6 is 0 Å². The number of hydrogen-bond acceptors (Lipinski definition) is 4. The van der Waals surface area contributed by atoms with Crippen LogP contribution in [0.2, 0.25) is 13.1 Å². The first-order chi connectivity index (χ1) is 15.2. The maximum atomic E-state index is 13.1. The van der Waals surface area contributed by atoms with E-state index in [4.69, 9.17) is 9.16 Å². The maximum Gasteiger partial charge on any atom is 0.323 e. The highest BCUT2D eigenvalue weighted by Crippen LogP contribution is 2.40. The van der Waals surface area contributed by atoms with Gasteiger partial charge in [-0.05, 0) is 35.7 Å². The van der Waals surface area contributed by atoms with Gasteiger partial charge in [0.1, 0.15) is 12.6 Å². The number of H-pyrrole nitrogens is 1. The Labute approximate surface area is 192 Å². The molecule has 0 bridgehead atoms. The van der Waals surface area contributed by atoms with Crippen LogP contribution < -0.4 is 5.32 Å². The summed E-state index contributed by atoms with van der Waals surface area (Å²) in [6, 6.07) is 17.6. The number of ether oxygens (including phenoxy) is 1. The molecule has 0 saturated heterocycles. The first-order valence-corrected chi connectivity index (χ1v) is 13.7. The summed E-state index contributed by atoms with van der Waals surface area (Å²) in [6.07, 6.45) is 0.513. The Balaban J connectivity index is 1.67. The fourth-order valence-corrected chi connectivity index (χ4v) is 5.49. The van der Waals surface area contributed by atoms with Crippen LogP contribution in [0.15, 0.2) is 54.6 Å². The summed E-state index contributed by atoms with van der Waals surface area (Å²) in [5.74, 6) is -0.221. The average molecular weight is 450 g/mol. The first kappa shape index (κ1) is 22.8. The number of carbonyl (C=O) groups is 1. The molecule has 6 heteroatoms. The molecule has 0 saturated carbocycles. The minimum atomic E-state index is -0.949. The van der Waals surface area contributed by atoms with E-state index in [2.05, 4.69) is 56.3 Å². The van der Waals surface area contributed by atoms with Gasteiger partial charge in [0.15, 0.2) is 0 Å². The zero-order chi connectivity index (χ0) is 22.9. The lowest BCUT2D eigenvalue weighted by Crippen LogP contribution is -2.53. The van der Waals surface area contributed by atoms with Crippen LogP contribution in [0.1, 0.15) is 43.6 Å². The van der Waals surface area contributed by atoms with Crippen molar-refractivity contribution in [3.8, 4) is 0 Å². The van der Waals surface area contributed by atoms with Gasteiger partial charge in [-0.3, -0.25) is 10.1 Å². The number of para-hydroxylation sites is 1. The highest BCUT2D eigenvalue weighted by Gasteiger charge is 2.42. The van der Waals surface area contributed by atoms with Crippen LogP contribution in [0.4, 0.5) is 0 Å². The third-order valence-corrected chi connectivity index (χ3v) is 6.70. The van der Waals surface area contributed by atoms with Gasteiger partial charge in [-0.1, -0.05) is 69.3 Å². The lowest BCUT2D eigenvalue weighted by atomic mass is 9.80. The van der Waals surface area contributed by atoms with Gasteiger partial charge in [-0.15, -0.1) is 0 Å². The monoisotopic (exact) mass is 449 g/mol. The zero-order valence-corrected chi connectivity index (χ0v) is 20.6. The molecule has 32 heavy (non-hydrogen) atoms. The second kappa shape index (κ2) is 9.22. The van der Waals surface area contributed by atoms with E-state index < -0.39 is 15.1 Å². The summed E-state index contributed by atoms with van der Waals surface area (Å²) >= 11 is 0. The molecule has 1 aliphatic heterocycles. The van der Waals surface area contributed by atoms with E-state index in [1.54, 1.807) is 0 Å². The number of rotatable bonds is 6. The maximum absolute atomic E-state index is 13.1. The molecule has 3 atom stereocenters. The van der Waals surface area contributed by atoms with Crippen LogP contribution in [0.5, 0.6) is 0 Å². The van der Waals surface area contributed by atoms with Crippen molar-refractivity contribution in [1.82, 2.24) is 10.3 Å². The average Bonchev–Trinajstić information content (AvgIpc) is 3.14. The molecule has 169 valence electrons. The molecule has 3 unspecified atom stereocenters. The number of aromatic amines is 1. The predicted octanol–water partition coefficient (Wildman–Crippen LogP) is 5.15. The smallest absolute Gasteiger partial charge is 0.323 e. The van der Waals surface area contributed by atoms with Gasteiger partial charge < -0.3 is 14.1 Å². The van der Waals surface area contributed by atoms with Crippen molar-refractivity contribution in [2.45, 2.75) is 65.1 Å². The topological polar surface area (TPSA) is 63.4 Å². The summed E-state index contributed by atoms with van der Waals surface area (Å²) in [5.41, 5.74) is 4.28. The molecule has 0 amide bonds. The van der Waals surface area contributed by atoms with Crippen molar-refractivity contribution in [1.29, 1.82) is 0 Å². The first-order valence-electron chi connectivity index (χ1n) is 11.3. The molecule has 1 aliphatic rings. The molecule has 5 nitrogen and oxygen atoms in total. The Kier molecular flexibility index (Phi) is 6.56. The van der Waals surface area contributed by atoms with Gasteiger partial charge in [-0.2, -0.15) is 0 Å². The van der Waals surface area contributed by atoms with Crippen LogP contribution in [-0.4, -0.2) is 32.1 Å². The van der Waals surface area contributed by atoms with Crippen molar-refractivity contribution in [2.24, 2.45) is 5.41 Å². The summed E-state index contributed by atoms with van der Waals surface area (Å²) in [4.78, 5) is 16.8. The fourth-order valence-electron chi connectivity index (χ4n) is 4.49. The molecule has 2 heterocycles. The van der Waals surface area contributed by atoms with E-state index in [-0.39, 0.29) is 30.1 Å². The van der Waals surface area contributed by atoms with Crippen LogP contribution in [0, 0.1) is 5.41 Å². The van der Waals surface area contributed by atoms with E-state index in [0.717, 1.165) is 16.8 Å². The number of fused-ring (bicyclic) bond motifs is 3. The Morgan fingerprint density at radius 1 is 1.09 bits per heavy atom. The molecule has 0 spiro atoms. The normalized spacial score (nSPS) is 19.7. The van der Waals surface area contributed by atoms with E-state index in [1.165, 1.54) is 10.9 Å². The van der Waals surface area contributed by atoms with Crippen LogP contribution in [-0.2, 0) is 27.0 Å². The number of nitrogens with one attached hydrogen (secondary N) is 2. The molecule has 0 fully saturated rings. The second-order valence-electron chi connectivity index (χ2n) is 9.87. The Morgan fingerprint density at radius 3 is 2.47 bits per heavy atom. The van der Waals surface area contributed by atoms with Gasteiger partial charge in [0.05, 0.1) is 12.1 Å². The van der Waals surface area contributed by atoms with Gasteiger partial charge in [0, 0.05) is 23.0 Å². The van der Waals surface area contributed by atoms with E-state index in [0.29, 0.717) is 6.42 Å². The molecule has 2 N–H and O–H groups in total. The molecule has 1 radical (unpaired) electrons. The molecular formula is C26H33N2O3Si. The molecule has 4 rings (SSSR count). The second-order valence-corrected chi connectivity index (χ2v) is 11.9. The highest BCUT2D eigenvalue weighted by molar-refractivity contribution is 6.48. The predicted molar refractivity (Wildman–Crippen MR) is 130 cm³/mol. The lowest BCUT2D eigenvalue weighted by Gasteiger charge is -2.42. The SMILES string of the molecule is C[Si](C)OC(C1NC(C(=O)OCc2ccccc2)Cc2c1[nH]c1ccccc21)C(C)(C)C. The lowest BCUT2D eigenvalue weighted by molar-refractivity contribution is -0.148. The van der Waals surface area contributed by atoms with E-state index in [1.807, 2.05) is 42.5 Å². The third kappa shape index (κ3) is 4.82. The van der Waals surface area contributed by atoms with Crippen molar-refractivity contribution < 1.29 is 14.0 Å². The molecule has 1 aromatic heterocycles. The number of hydrogen-bond donors (Lipinski definition) is 2. The Morgan fingerprint density at radius 2 is 1.78 bits per heavy atom. The van der Waals surface area contributed by atoms with Crippen LogP contribution in [0.25, 0.3) is 10.9 Å². The largest absolute Gasteiger partial charge is 0.460 e. The van der Waals surface area contributed by atoms with Crippen molar-refractivity contribution in [2.75, 3.05) is 0 Å². The van der Waals surface area contributed by atoms with E-state index >= 15 is 0 Å². The minimum absolute atomic E-state index is 0.0806. The van der Waals surface area contributed by atoms with Gasteiger partial charge in [-0.25, -0.2) is 0 Å². The quantitative estimate of drug-likeness (QED) is 0.404. The van der Waals surface area contributed by atoms with Gasteiger partial charge in [0.2, 0.25) is 9.04 Å². The van der Waals surface area contributed by atoms with Crippen LogP contribution in [0.3, 0.4) is 0 Å². The molecule has 2 aromatic carbocycles. The highest BCUT2D eigenvalue weighted by atomic mass is 28.3. The molecular weight excluding hydrogens is 416 g/mol. The molecule has 3 aromatic rings. The summed E-state index contributed by atoms with van der Waals surface area (Å²) in [7, 11) is -0.949. The van der Waals surface area contributed by atoms with Gasteiger partial charge in [0.25, 0.3) is 0 Å². The Bertz CT molecular complexity index is 1070. The third-order valence-electron chi connectivity index (χ3n) is 5.97. The number of esters is 1. The minimum Gasteiger partial charge on any atom is -0.460 e. The number of benzene rings is 2. The number of carbonyl (C=O) groups excluding carboxylic acids is 1. The summed E-state index contributed by atoms with van der Waals surface area (Å²) in [5, 5.41) is 4.77. The Hall–Kier alpha value is -2.41. The van der Waals surface area contributed by atoms with Crippen molar-refractivity contribution in [3.63, 3.8) is 0 Å². The number of aromatic nitrogens is 1. The zero-order valence-electron chi connectivity index (χ0n) is 19.6. The van der Waals surface area contributed by atoms with E-state index in [9.17, 15) is 4.79 Å².